The van der Waals surface area contributed by atoms with Crippen LogP contribution in [0.3, 0.4) is 0 Å². The molecule has 0 atom stereocenters. The normalized spacial score (nSPS) is 13.3. The van der Waals surface area contributed by atoms with E-state index >= 15 is 0 Å². The second-order valence-electron chi connectivity index (χ2n) is 8.60. The zero-order chi connectivity index (χ0) is 24.7. The van der Waals surface area contributed by atoms with Crippen LogP contribution in [-0.4, -0.2) is 33.2 Å². The third kappa shape index (κ3) is 4.05. The van der Waals surface area contributed by atoms with Crippen molar-refractivity contribution in [1.29, 1.82) is 0 Å². The number of fused-ring (bicyclic) bond motifs is 1. The van der Waals surface area contributed by atoms with E-state index in [1.807, 2.05) is 23.6 Å². The lowest BCUT2D eigenvalue weighted by Crippen LogP contribution is -2.16. The highest BCUT2D eigenvalue weighted by Gasteiger charge is 2.35. The minimum Gasteiger partial charge on any atom is -0.478 e. The van der Waals surface area contributed by atoms with Crippen LogP contribution in [0.25, 0.3) is 22.3 Å². The number of carbonyl (C=O) groups excluding carboxylic acids is 1. The Morgan fingerprint density at radius 3 is 2.63 bits per heavy atom. The molecule has 5 rings (SSSR count). The second kappa shape index (κ2) is 9.34. The van der Waals surface area contributed by atoms with Crippen molar-refractivity contribution in [1.82, 2.24) is 9.55 Å². The number of ether oxygens (including phenoxy) is 1. The Morgan fingerprint density at radius 2 is 1.94 bits per heavy atom. The van der Waals surface area contributed by atoms with Crippen molar-refractivity contribution in [3.8, 4) is 22.3 Å². The van der Waals surface area contributed by atoms with Crippen molar-refractivity contribution in [2.45, 2.75) is 45.6 Å². The van der Waals surface area contributed by atoms with E-state index in [2.05, 4.69) is 15.9 Å². The number of aromatic nitrogens is 2. The van der Waals surface area contributed by atoms with Crippen LogP contribution in [0.4, 0.5) is 0 Å². The topological polar surface area (TPSA) is 94.6 Å². The standard InChI is InChI=1S/C27H25BrN2O5/c1-3-21-29-24(15-9-10-15)25(27(33)35-4-2)30(21)13-19-16-11-12-34-14-20(16)23(28)22(19)17-7-5-6-8-18(17)26(31)32/h5-8,11-12,14-15H,3-4,9-10,13H2,1-2H3,(H,31,32). The first kappa shape index (κ1) is 23.4. The van der Waals surface area contributed by atoms with Gasteiger partial charge in [0.25, 0.3) is 0 Å². The van der Waals surface area contributed by atoms with E-state index < -0.39 is 5.97 Å². The first-order valence-electron chi connectivity index (χ1n) is 11.7. The zero-order valence-corrected chi connectivity index (χ0v) is 21.1. The van der Waals surface area contributed by atoms with Crippen molar-refractivity contribution >= 4 is 27.9 Å². The van der Waals surface area contributed by atoms with Gasteiger partial charge < -0.3 is 18.8 Å². The summed E-state index contributed by atoms with van der Waals surface area (Å²) < 4.78 is 13.6. The molecule has 3 aliphatic rings. The van der Waals surface area contributed by atoms with Gasteiger partial charge in [-0.2, -0.15) is 0 Å². The van der Waals surface area contributed by atoms with Crippen molar-refractivity contribution in [3.05, 3.63) is 75.7 Å². The third-order valence-corrected chi connectivity index (χ3v) is 7.26. The summed E-state index contributed by atoms with van der Waals surface area (Å²) in [6.07, 6.45) is 5.91. The number of carboxylic acid groups (broad SMARTS) is 1. The highest BCUT2D eigenvalue weighted by molar-refractivity contribution is 9.10. The highest BCUT2D eigenvalue weighted by atomic mass is 79.9. The summed E-state index contributed by atoms with van der Waals surface area (Å²) >= 11 is 3.71. The molecule has 7 nitrogen and oxygen atoms in total. The lowest BCUT2D eigenvalue weighted by atomic mass is 9.98. The number of benzene rings is 1. The number of rotatable bonds is 8. The molecule has 1 N–H and O–H groups in total. The van der Waals surface area contributed by atoms with Crippen LogP contribution in [0.2, 0.25) is 0 Å². The van der Waals surface area contributed by atoms with Gasteiger partial charge in [0.15, 0.2) is 5.69 Å². The molecule has 0 radical (unpaired) electrons. The molecule has 35 heavy (non-hydrogen) atoms. The first-order valence-corrected chi connectivity index (χ1v) is 12.5. The van der Waals surface area contributed by atoms with E-state index in [1.54, 1.807) is 37.6 Å². The average molecular weight is 537 g/mol. The number of aromatic carboxylic acids is 1. The van der Waals surface area contributed by atoms with Gasteiger partial charge in [0, 0.05) is 27.9 Å². The number of imidazole rings is 1. The van der Waals surface area contributed by atoms with Gasteiger partial charge in [-0.15, -0.1) is 0 Å². The number of hydrogen-bond donors (Lipinski definition) is 1. The molecule has 1 aromatic heterocycles. The van der Waals surface area contributed by atoms with Crippen LogP contribution < -0.4 is 0 Å². The van der Waals surface area contributed by atoms with Crippen molar-refractivity contribution < 1.29 is 23.8 Å². The van der Waals surface area contributed by atoms with Gasteiger partial charge in [0.1, 0.15) is 5.82 Å². The maximum absolute atomic E-state index is 13.1. The summed E-state index contributed by atoms with van der Waals surface area (Å²) in [7, 11) is 0. The Labute approximate surface area is 211 Å². The monoisotopic (exact) mass is 536 g/mol. The average Bonchev–Trinajstić information content (AvgIpc) is 3.59. The van der Waals surface area contributed by atoms with Gasteiger partial charge in [-0.3, -0.25) is 0 Å². The fraction of sp³-hybridized carbons (Fsp3) is 0.296. The summed E-state index contributed by atoms with van der Waals surface area (Å²) in [6, 6.07) is 8.81. The molecule has 0 amide bonds. The number of halogens is 1. The van der Waals surface area contributed by atoms with E-state index in [0.717, 1.165) is 51.1 Å². The minimum atomic E-state index is -1.01. The number of nitrogens with zero attached hydrogens (tertiary/aromatic N) is 2. The molecule has 0 bridgehead atoms. The maximum Gasteiger partial charge on any atom is 0.356 e. The van der Waals surface area contributed by atoms with Gasteiger partial charge in [-0.1, -0.05) is 25.1 Å². The van der Waals surface area contributed by atoms with E-state index in [0.29, 0.717) is 24.2 Å². The van der Waals surface area contributed by atoms with Crippen LogP contribution in [0.15, 0.2) is 51.7 Å². The molecule has 0 saturated heterocycles. The molecule has 2 aromatic rings. The van der Waals surface area contributed by atoms with Crippen LogP contribution >= 0.6 is 15.9 Å². The zero-order valence-electron chi connectivity index (χ0n) is 19.5. The van der Waals surface area contributed by atoms with Gasteiger partial charge in [0.05, 0.1) is 36.9 Å². The van der Waals surface area contributed by atoms with Gasteiger partial charge >= 0.3 is 11.9 Å². The fourth-order valence-electron chi connectivity index (χ4n) is 4.71. The largest absolute Gasteiger partial charge is 0.478 e. The molecule has 1 saturated carbocycles. The molecular formula is C27H25BrN2O5. The molecule has 1 aromatic carbocycles. The minimum absolute atomic E-state index is 0.201. The van der Waals surface area contributed by atoms with Crippen LogP contribution in [0, 0.1) is 0 Å². The number of carboxylic acids is 1. The van der Waals surface area contributed by atoms with Crippen LogP contribution in [-0.2, 0) is 17.7 Å². The quantitative estimate of drug-likeness (QED) is 0.263. The Balaban J connectivity index is 1.76. The summed E-state index contributed by atoms with van der Waals surface area (Å²) in [6.45, 7) is 4.43. The molecule has 8 heteroatoms. The first-order chi connectivity index (χ1) is 17.0. The van der Waals surface area contributed by atoms with Gasteiger partial charge in [-0.05, 0) is 64.5 Å². The second-order valence-corrected chi connectivity index (χ2v) is 9.39. The maximum atomic E-state index is 13.1. The molecule has 1 fully saturated rings. The molecule has 0 unspecified atom stereocenters. The van der Waals surface area contributed by atoms with Crippen LogP contribution in [0.1, 0.15) is 70.5 Å². The smallest absolute Gasteiger partial charge is 0.356 e. The van der Waals surface area contributed by atoms with E-state index in [-0.39, 0.29) is 24.1 Å². The SMILES string of the molecule is CCOC(=O)c1c(C2CC2)nc(CC)n1Cc1c2ccocc-2c(Br)c1-c1ccccc1C(=O)O. The van der Waals surface area contributed by atoms with Gasteiger partial charge in [-0.25, -0.2) is 14.6 Å². The molecule has 1 aliphatic heterocycles. The number of hydrogen-bond acceptors (Lipinski definition) is 5. The lowest BCUT2D eigenvalue weighted by molar-refractivity contribution is 0.0512. The predicted octanol–water partition coefficient (Wildman–Crippen LogP) is 6.37. The number of aryl methyl sites for hydroxylation is 1. The number of carbonyl (C=O) groups is 2. The lowest BCUT2D eigenvalue weighted by Gasteiger charge is -2.15. The fourth-order valence-corrected chi connectivity index (χ4v) is 5.47. The molecule has 180 valence electrons. The van der Waals surface area contributed by atoms with Crippen molar-refractivity contribution in [2.24, 2.45) is 0 Å². The Morgan fingerprint density at radius 1 is 1.17 bits per heavy atom. The molecule has 2 aliphatic carbocycles. The molecular weight excluding hydrogens is 512 g/mol. The molecule has 0 spiro atoms. The number of esters is 1. The Hall–Kier alpha value is -3.39. The summed E-state index contributed by atoms with van der Waals surface area (Å²) in [5.74, 6) is -0.305. The predicted molar refractivity (Wildman–Crippen MR) is 134 cm³/mol. The summed E-state index contributed by atoms with van der Waals surface area (Å²) in [5, 5.41) is 9.89. The van der Waals surface area contributed by atoms with Crippen molar-refractivity contribution in [3.63, 3.8) is 0 Å². The Kier molecular flexibility index (Phi) is 6.23. The van der Waals surface area contributed by atoms with Crippen molar-refractivity contribution in [2.75, 3.05) is 6.61 Å². The van der Waals surface area contributed by atoms with E-state index in [4.69, 9.17) is 14.1 Å². The van der Waals surface area contributed by atoms with E-state index in [1.165, 1.54) is 0 Å². The van der Waals surface area contributed by atoms with E-state index in [9.17, 15) is 14.7 Å². The summed E-state index contributed by atoms with van der Waals surface area (Å²) in [5.41, 5.74) is 5.48. The third-order valence-electron chi connectivity index (χ3n) is 6.44. The summed E-state index contributed by atoms with van der Waals surface area (Å²) in [4.78, 5) is 30.1. The highest BCUT2D eigenvalue weighted by Crippen LogP contribution is 2.48. The van der Waals surface area contributed by atoms with Crippen LogP contribution in [0.5, 0.6) is 0 Å². The molecule has 2 heterocycles. The Bertz CT molecular complexity index is 1400. The van der Waals surface area contributed by atoms with Gasteiger partial charge in [0.2, 0.25) is 0 Å².